The van der Waals surface area contributed by atoms with Crippen LogP contribution in [0.3, 0.4) is 0 Å². The molecule has 1 aromatic carbocycles. The lowest BCUT2D eigenvalue weighted by Gasteiger charge is -2.33. The molecule has 6 heteroatoms. The first-order chi connectivity index (χ1) is 12.1. The number of rotatable bonds is 6. The average molecular weight is 416 g/mol. The molecule has 1 unspecified atom stereocenters. The minimum atomic E-state index is 0. The smallest absolute Gasteiger partial charge is 0.220 e. The summed E-state index contributed by atoms with van der Waals surface area (Å²) in [5.41, 5.74) is 8.67. The van der Waals surface area contributed by atoms with E-state index < -0.39 is 0 Å². The van der Waals surface area contributed by atoms with E-state index in [2.05, 4.69) is 41.4 Å². The lowest BCUT2D eigenvalue weighted by Crippen LogP contribution is -2.37. The topological polar surface area (TPSA) is 58.4 Å². The summed E-state index contributed by atoms with van der Waals surface area (Å²) in [5, 5.41) is 3.12. The maximum atomic E-state index is 12.3. The van der Waals surface area contributed by atoms with Crippen molar-refractivity contribution in [2.24, 2.45) is 11.7 Å². The fraction of sp³-hybridized carbons (Fsp3) is 0.667. The van der Waals surface area contributed by atoms with Crippen LogP contribution in [0.15, 0.2) is 24.3 Å². The van der Waals surface area contributed by atoms with Gasteiger partial charge in [0.25, 0.3) is 0 Å². The van der Waals surface area contributed by atoms with Gasteiger partial charge < -0.3 is 11.1 Å². The summed E-state index contributed by atoms with van der Waals surface area (Å²) >= 11 is 0. The van der Waals surface area contributed by atoms with Gasteiger partial charge in [0.15, 0.2) is 0 Å². The fourth-order valence-corrected chi connectivity index (χ4v) is 4.32. The summed E-state index contributed by atoms with van der Waals surface area (Å²) < 4.78 is 0. The zero-order valence-electron chi connectivity index (χ0n) is 16.4. The highest BCUT2D eigenvalue weighted by Crippen LogP contribution is 2.26. The van der Waals surface area contributed by atoms with E-state index in [4.69, 9.17) is 5.73 Å². The van der Waals surface area contributed by atoms with Crippen molar-refractivity contribution in [2.45, 2.75) is 77.0 Å². The Morgan fingerprint density at radius 3 is 2.52 bits per heavy atom. The highest BCUT2D eigenvalue weighted by molar-refractivity contribution is 5.85. The summed E-state index contributed by atoms with van der Waals surface area (Å²) in [6.45, 7) is 5.12. The van der Waals surface area contributed by atoms with E-state index in [1.165, 1.54) is 36.9 Å². The second-order valence-electron chi connectivity index (χ2n) is 7.92. The van der Waals surface area contributed by atoms with Gasteiger partial charge in [-0.2, -0.15) is 0 Å². The molecule has 1 amide bonds. The first kappa shape index (κ1) is 24.2. The lowest BCUT2D eigenvalue weighted by molar-refractivity contribution is -0.122. The third-order valence-corrected chi connectivity index (χ3v) is 6.07. The second kappa shape index (κ2) is 11.9. The summed E-state index contributed by atoms with van der Waals surface area (Å²) in [6.07, 6.45) is 7.83. The number of hydrogen-bond acceptors (Lipinski definition) is 3. The van der Waals surface area contributed by atoms with Gasteiger partial charge in [-0.1, -0.05) is 37.1 Å². The van der Waals surface area contributed by atoms with Gasteiger partial charge in [-0.3, -0.25) is 9.69 Å². The number of benzene rings is 1. The average Bonchev–Trinajstić information content (AvgIpc) is 3.01. The van der Waals surface area contributed by atoms with E-state index in [1.807, 2.05) is 0 Å². The lowest BCUT2D eigenvalue weighted by atomic mass is 9.99. The van der Waals surface area contributed by atoms with Crippen LogP contribution in [-0.4, -0.2) is 29.4 Å². The SMILES string of the molecule is CC1CCCCN1Cc1ccccc1CNC(=O)C[C@@H]1CCC[C@H]1N.Cl.Cl. The summed E-state index contributed by atoms with van der Waals surface area (Å²) in [7, 11) is 0. The minimum Gasteiger partial charge on any atom is -0.352 e. The van der Waals surface area contributed by atoms with Crippen LogP contribution in [0.25, 0.3) is 0 Å². The number of nitrogens with one attached hydrogen (secondary N) is 1. The molecule has 3 N–H and O–H groups in total. The summed E-state index contributed by atoms with van der Waals surface area (Å²) in [5.74, 6) is 0.507. The van der Waals surface area contributed by atoms with Gasteiger partial charge in [0, 0.05) is 31.6 Å². The van der Waals surface area contributed by atoms with Crippen molar-refractivity contribution in [1.82, 2.24) is 10.2 Å². The van der Waals surface area contributed by atoms with Crippen LogP contribution in [-0.2, 0) is 17.9 Å². The molecule has 2 aliphatic rings. The van der Waals surface area contributed by atoms with Gasteiger partial charge >= 0.3 is 0 Å². The molecular weight excluding hydrogens is 381 g/mol. The molecule has 0 bridgehead atoms. The zero-order chi connectivity index (χ0) is 17.6. The Labute approximate surface area is 176 Å². The van der Waals surface area contributed by atoms with Crippen molar-refractivity contribution in [3.05, 3.63) is 35.4 Å². The monoisotopic (exact) mass is 415 g/mol. The van der Waals surface area contributed by atoms with Crippen LogP contribution >= 0.6 is 24.8 Å². The van der Waals surface area contributed by atoms with Crippen molar-refractivity contribution < 1.29 is 4.79 Å². The van der Waals surface area contributed by atoms with Gasteiger partial charge in [0.2, 0.25) is 5.91 Å². The Kier molecular flexibility index (Phi) is 10.7. The quantitative estimate of drug-likeness (QED) is 0.736. The zero-order valence-corrected chi connectivity index (χ0v) is 18.0. The van der Waals surface area contributed by atoms with Crippen LogP contribution in [0.2, 0.25) is 0 Å². The molecular formula is C21H35Cl2N3O. The number of nitrogens with zero attached hydrogens (tertiary/aromatic N) is 1. The van der Waals surface area contributed by atoms with E-state index in [0.29, 0.717) is 24.9 Å². The molecule has 154 valence electrons. The molecule has 0 aromatic heterocycles. The maximum Gasteiger partial charge on any atom is 0.220 e. The Bertz CT molecular complexity index is 584. The highest BCUT2D eigenvalue weighted by atomic mass is 35.5. The molecule has 4 nitrogen and oxygen atoms in total. The summed E-state index contributed by atoms with van der Waals surface area (Å²) in [6, 6.07) is 9.38. The molecule has 1 saturated carbocycles. The number of hydrogen-bond donors (Lipinski definition) is 2. The number of piperidine rings is 1. The Morgan fingerprint density at radius 2 is 1.85 bits per heavy atom. The first-order valence-corrected chi connectivity index (χ1v) is 9.96. The molecule has 1 heterocycles. The number of carbonyl (C=O) groups excluding carboxylic acids is 1. The standard InChI is InChI=1S/C21H33N3O.2ClH/c1-16-7-4-5-12-24(16)15-19-9-3-2-8-18(19)14-23-21(25)13-17-10-6-11-20(17)22;;/h2-3,8-9,16-17,20H,4-7,10-15,22H2,1H3,(H,23,25);2*1H/t16?,17-,20+;;/m0../s1. The molecule has 1 aromatic rings. The molecule has 1 saturated heterocycles. The minimum absolute atomic E-state index is 0. The van der Waals surface area contributed by atoms with E-state index in [9.17, 15) is 4.79 Å². The Balaban J connectivity index is 0.00000182. The molecule has 1 aliphatic carbocycles. The van der Waals surface area contributed by atoms with Crippen molar-refractivity contribution in [1.29, 1.82) is 0 Å². The summed E-state index contributed by atoms with van der Waals surface area (Å²) in [4.78, 5) is 14.9. The van der Waals surface area contributed by atoms with Crippen LogP contribution in [0, 0.1) is 5.92 Å². The van der Waals surface area contributed by atoms with Gasteiger partial charge in [-0.25, -0.2) is 0 Å². The van der Waals surface area contributed by atoms with E-state index >= 15 is 0 Å². The molecule has 1 aliphatic heterocycles. The number of carbonyl (C=O) groups is 1. The number of halogens is 2. The van der Waals surface area contributed by atoms with Crippen molar-refractivity contribution in [2.75, 3.05) is 6.54 Å². The van der Waals surface area contributed by atoms with E-state index in [0.717, 1.165) is 25.8 Å². The molecule has 2 fully saturated rings. The normalized spacial score (nSPS) is 25.3. The van der Waals surface area contributed by atoms with Crippen LogP contribution in [0.1, 0.15) is 63.0 Å². The number of likely N-dealkylation sites (tertiary alicyclic amines) is 1. The van der Waals surface area contributed by atoms with Crippen molar-refractivity contribution in [3.8, 4) is 0 Å². The predicted octanol–water partition coefficient (Wildman–Crippen LogP) is 4.04. The maximum absolute atomic E-state index is 12.3. The number of nitrogens with two attached hydrogens (primary N) is 1. The highest BCUT2D eigenvalue weighted by Gasteiger charge is 2.26. The van der Waals surface area contributed by atoms with Crippen molar-refractivity contribution in [3.63, 3.8) is 0 Å². The van der Waals surface area contributed by atoms with E-state index in [-0.39, 0.29) is 36.8 Å². The third kappa shape index (κ3) is 6.94. The van der Waals surface area contributed by atoms with Gasteiger partial charge in [0.05, 0.1) is 0 Å². The Hall–Kier alpha value is -0.810. The van der Waals surface area contributed by atoms with Gasteiger partial charge in [-0.05, 0) is 56.2 Å². The van der Waals surface area contributed by atoms with Crippen LogP contribution in [0.5, 0.6) is 0 Å². The largest absolute Gasteiger partial charge is 0.352 e. The number of amides is 1. The van der Waals surface area contributed by atoms with Gasteiger partial charge in [0.1, 0.15) is 0 Å². The molecule has 0 radical (unpaired) electrons. The predicted molar refractivity (Wildman–Crippen MR) is 116 cm³/mol. The van der Waals surface area contributed by atoms with Crippen LogP contribution in [0.4, 0.5) is 0 Å². The van der Waals surface area contributed by atoms with Gasteiger partial charge in [-0.15, -0.1) is 24.8 Å². The molecule has 27 heavy (non-hydrogen) atoms. The molecule has 0 spiro atoms. The van der Waals surface area contributed by atoms with Crippen molar-refractivity contribution >= 4 is 30.7 Å². The van der Waals surface area contributed by atoms with E-state index in [1.54, 1.807) is 0 Å². The first-order valence-electron chi connectivity index (χ1n) is 9.96. The fourth-order valence-electron chi connectivity index (χ4n) is 4.32. The Morgan fingerprint density at radius 1 is 1.11 bits per heavy atom. The third-order valence-electron chi connectivity index (χ3n) is 6.07. The second-order valence-corrected chi connectivity index (χ2v) is 7.92. The molecule has 3 atom stereocenters. The van der Waals surface area contributed by atoms with Crippen LogP contribution < -0.4 is 11.1 Å². The molecule has 3 rings (SSSR count).